The van der Waals surface area contributed by atoms with E-state index in [2.05, 4.69) is 180 Å². The fourth-order valence-corrected chi connectivity index (χ4v) is 11.6. The lowest BCUT2D eigenvalue weighted by Gasteiger charge is -2.21. The van der Waals surface area contributed by atoms with Crippen molar-refractivity contribution in [3.63, 3.8) is 0 Å². The van der Waals surface area contributed by atoms with Gasteiger partial charge in [0.25, 0.3) is 0 Å². The Morgan fingerprint density at radius 2 is 0.509 bits per heavy atom. The van der Waals surface area contributed by atoms with Gasteiger partial charge in [-0.3, -0.25) is 37.3 Å². The van der Waals surface area contributed by atoms with E-state index in [4.69, 9.17) is 37.0 Å². The number of aliphatic hydroxyl groups excluding tert-OH is 1. The number of esters is 4. The van der Waals surface area contributed by atoms with Gasteiger partial charge in [0.2, 0.25) is 0 Å². The first-order valence-corrected chi connectivity index (χ1v) is 43.4. The molecule has 0 aromatic carbocycles. The van der Waals surface area contributed by atoms with Crippen molar-refractivity contribution in [3.05, 3.63) is 170 Å². The smallest absolute Gasteiger partial charge is 0.462 e. The number of aliphatic hydroxyl groups is 1. The Balaban J connectivity index is 5.47. The summed E-state index contributed by atoms with van der Waals surface area (Å²) in [5.41, 5.74) is 0. The average Bonchev–Trinajstić information content (AvgIpc) is 0.933. The van der Waals surface area contributed by atoms with Crippen LogP contribution in [0.3, 0.4) is 0 Å². The third kappa shape index (κ3) is 76.6. The highest BCUT2D eigenvalue weighted by Gasteiger charge is 2.30. The van der Waals surface area contributed by atoms with E-state index in [-0.39, 0.29) is 25.7 Å². The second-order valence-corrected chi connectivity index (χ2v) is 29.1. The van der Waals surface area contributed by atoms with Crippen LogP contribution in [0.4, 0.5) is 0 Å². The Morgan fingerprint density at radius 3 is 0.858 bits per heavy atom. The molecule has 0 aliphatic rings. The summed E-state index contributed by atoms with van der Waals surface area (Å²) in [4.78, 5) is 73.0. The zero-order chi connectivity index (χ0) is 77.4. The van der Waals surface area contributed by atoms with Crippen molar-refractivity contribution < 1.29 is 80.2 Å². The topological polar surface area (TPSA) is 237 Å². The number of hydrogen-bond donors (Lipinski definition) is 3. The Bertz CT molecular complexity index is 2680. The molecule has 0 bridgehead atoms. The minimum absolute atomic E-state index is 0.0203. The standard InChI is InChI=1S/C87H142O17P2/c1-5-9-13-17-21-25-29-33-36-38-40-42-45-48-51-55-59-63-67-71-84(89)97-77-82(103-86(91)73-69-65-61-57-53-47-32-28-24-20-16-12-8-4)79-101-105(93,94)99-75-81(88)76-100-106(95,96)102-80-83(104-87(92)74-70-66-62-58-54-50-44-35-31-27-23-19-15-11-7-3)78-98-85(90)72-68-64-60-56-52-49-46-43-41-39-37-34-30-26-22-18-14-10-6-2/h10-11,14-15,21-23,25-28,32-37,40-44,49,52,54,58,60,64,81-83,88H,5-9,12-13,16-20,24,29-31,38-39,45-48,50-51,53,55-57,59,61-63,65-80H2,1-4H3,(H,93,94)(H,95,96)/b14-10-,15-11-,25-21-,26-22-,27-23-,32-28-,36-33-,37-34-,42-40-,43-41-,44-35-,52-49-,58-54-,64-60-. The number of ether oxygens (including phenoxy) is 4. The highest BCUT2D eigenvalue weighted by Crippen LogP contribution is 2.45. The first-order chi connectivity index (χ1) is 51.7. The molecule has 0 aromatic heterocycles. The van der Waals surface area contributed by atoms with Gasteiger partial charge in [-0.05, 0) is 167 Å². The molecule has 106 heavy (non-hydrogen) atoms. The molecule has 5 atom stereocenters. The van der Waals surface area contributed by atoms with Gasteiger partial charge in [0.15, 0.2) is 12.2 Å². The molecule has 0 saturated heterocycles. The molecule has 0 radical (unpaired) electrons. The van der Waals surface area contributed by atoms with Crippen LogP contribution in [0.5, 0.6) is 0 Å². The van der Waals surface area contributed by atoms with E-state index in [1.165, 1.54) is 44.9 Å². The molecular weight excluding hydrogens is 1380 g/mol. The fourth-order valence-electron chi connectivity index (χ4n) is 10.1. The maximum atomic E-state index is 13.1. The molecule has 0 saturated carbocycles. The highest BCUT2D eigenvalue weighted by molar-refractivity contribution is 7.47. The number of carbonyl (C=O) groups excluding carboxylic acids is 4. The molecule has 0 aromatic rings. The van der Waals surface area contributed by atoms with E-state index >= 15 is 0 Å². The van der Waals surface area contributed by atoms with Crippen molar-refractivity contribution in [1.82, 2.24) is 0 Å². The summed E-state index contributed by atoms with van der Waals surface area (Å²) in [6.07, 6.45) is 92.1. The van der Waals surface area contributed by atoms with Crippen molar-refractivity contribution in [3.8, 4) is 0 Å². The second-order valence-electron chi connectivity index (χ2n) is 26.2. The molecule has 0 heterocycles. The van der Waals surface area contributed by atoms with Crippen molar-refractivity contribution in [1.29, 1.82) is 0 Å². The van der Waals surface area contributed by atoms with E-state index in [0.717, 1.165) is 161 Å². The van der Waals surface area contributed by atoms with Crippen LogP contribution in [0.25, 0.3) is 0 Å². The molecule has 19 heteroatoms. The van der Waals surface area contributed by atoms with Gasteiger partial charge < -0.3 is 33.8 Å². The minimum Gasteiger partial charge on any atom is -0.462 e. The Morgan fingerprint density at radius 1 is 0.274 bits per heavy atom. The number of unbranched alkanes of at least 4 members (excludes halogenated alkanes) is 20. The monoisotopic (exact) mass is 1520 g/mol. The van der Waals surface area contributed by atoms with Crippen LogP contribution in [0.1, 0.15) is 297 Å². The van der Waals surface area contributed by atoms with Crippen molar-refractivity contribution in [2.75, 3.05) is 39.6 Å². The normalized spacial score (nSPS) is 14.7. The van der Waals surface area contributed by atoms with Crippen LogP contribution in [0, 0.1) is 0 Å². The van der Waals surface area contributed by atoms with E-state index < -0.39 is 97.5 Å². The van der Waals surface area contributed by atoms with Crippen LogP contribution < -0.4 is 0 Å². The second kappa shape index (κ2) is 77.6. The zero-order valence-electron chi connectivity index (χ0n) is 65.8. The molecule has 0 spiro atoms. The van der Waals surface area contributed by atoms with Gasteiger partial charge in [0.1, 0.15) is 19.3 Å². The van der Waals surface area contributed by atoms with Gasteiger partial charge in [-0.2, -0.15) is 0 Å². The van der Waals surface area contributed by atoms with E-state index in [0.29, 0.717) is 38.5 Å². The molecule has 602 valence electrons. The maximum Gasteiger partial charge on any atom is 0.472 e. The van der Waals surface area contributed by atoms with Crippen LogP contribution in [-0.4, -0.2) is 96.7 Å². The lowest BCUT2D eigenvalue weighted by molar-refractivity contribution is -0.161. The fraction of sp³-hybridized carbons (Fsp3) is 0.632. The lowest BCUT2D eigenvalue weighted by Crippen LogP contribution is -2.30. The lowest BCUT2D eigenvalue weighted by atomic mass is 10.1. The molecule has 0 rings (SSSR count). The molecule has 17 nitrogen and oxygen atoms in total. The van der Waals surface area contributed by atoms with Gasteiger partial charge in [-0.1, -0.05) is 275 Å². The van der Waals surface area contributed by atoms with Gasteiger partial charge in [-0.25, -0.2) is 9.13 Å². The summed E-state index contributed by atoms with van der Waals surface area (Å²) in [5.74, 6) is -2.36. The van der Waals surface area contributed by atoms with Crippen molar-refractivity contribution in [2.24, 2.45) is 0 Å². The Kier molecular flexibility index (Phi) is 73.5. The predicted octanol–water partition coefficient (Wildman–Crippen LogP) is 23.8. The summed E-state index contributed by atoms with van der Waals surface area (Å²) in [5, 5.41) is 10.6. The molecule has 0 aliphatic carbocycles. The highest BCUT2D eigenvalue weighted by atomic mass is 31.2. The number of carbonyl (C=O) groups is 4. The predicted molar refractivity (Wildman–Crippen MR) is 436 cm³/mol. The number of allylic oxidation sites excluding steroid dienone is 28. The number of rotatable bonds is 74. The summed E-state index contributed by atoms with van der Waals surface area (Å²) in [7, 11) is -10.0. The molecule has 0 fully saturated rings. The first kappa shape index (κ1) is 100. The summed E-state index contributed by atoms with van der Waals surface area (Å²) in [6.45, 7) is 4.43. The summed E-state index contributed by atoms with van der Waals surface area (Å²) in [6, 6.07) is 0. The molecule has 0 amide bonds. The van der Waals surface area contributed by atoms with E-state index in [9.17, 15) is 43.2 Å². The number of phosphoric ester groups is 2. The largest absolute Gasteiger partial charge is 0.472 e. The van der Waals surface area contributed by atoms with Crippen molar-refractivity contribution >= 4 is 39.5 Å². The van der Waals surface area contributed by atoms with Crippen LogP contribution in [0.15, 0.2) is 170 Å². The van der Waals surface area contributed by atoms with E-state index in [1.54, 1.807) is 0 Å². The van der Waals surface area contributed by atoms with Gasteiger partial charge in [-0.15, -0.1) is 0 Å². The number of hydrogen-bond acceptors (Lipinski definition) is 15. The molecule has 5 unspecified atom stereocenters. The zero-order valence-corrected chi connectivity index (χ0v) is 67.6. The molecule has 0 aliphatic heterocycles. The SMILES string of the molecule is CC/C=C\C/C=C\C/C=C\C/C=C\C/C=C\C/C=C\CCC(=O)OCC(COP(=O)(O)OCC(O)COP(=O)(O)OCC(COC(=O)CCCCCCCC/C=C\C/C=C\C/C=C\CCCCC)OC(=O)CCCCCCC/C=C\CCCCCC)OC(=O)CCCC/C=C\C/C=C\C/C=C\C/C=C\CC. The molecule has 3 N–H and O–H groups in total. The quantitative estimate of drug-likeness (QED) is 0.0169. The Hall–Kier alpha value is -5.58. The Labute approximate surface area is 642 Å². The van der Waals surface area contributed by atoms with Gasteiger partial charge >= 0.3 is 39.5 Å². The van der Waals surface area contributed by atoms with Crippen LogP contribution in [0.2, 0.25) is 0 Å². The van der Waals surface area contributed by atoms with Crippen molar-refractivity contribution in [2.45, 2.75) is 316 Å². The summed E-state index contributed by atoms with van der Waals surface area (Å²) < 4.78 is 68.5. The number of phosphoric acid groups is 2. The van der Waals surface area contributed by atoms with Crippen LogP contribution in [-0.2, 0) is 65.4 Å². The summed E-state index contributed by atoms with van der Waals surface area (Å²) >= 11 is 0. The van der Waals surface area contributed by atoms with Gasteiger partial charge in [0, 0.05) is 25.7 Å². The van der Waals surface area contributed by atoms with Gasteiger partial charge in [0.05, 0.1) is 26.4 Å². The first-order valence-electron chi connectivity index (χ1n) is 40.4. The van der Waals surface area contributed by atoms with E-state index in [1.807, 2.05) is 18.2 Å². The maximum absolute atomic E-state index is 13.1. The third-order valence-corrected chi connectivity index (χ3v) is 18.1. The van der Waals surface area contributed by atoms with Crippen LogP contribution >= 0.6 is 15.6 Å². The molecular formula is C87H142O17P2. The average molecular weight is 1520 g/mol. The minimum atomic E-state index is -5.01. The third-order valence-electron chi connectivity index (χ3n) is 16.2.